The third kappa shape index (κ3) is 5.33. The van der Waals surface area contributed by atoms with Crippen molar-refractivity contribution in [2.75, 3.05) is 5.32 Å². The summed E-state index contributed by atoms with van der Waals surface area (Å²) in [6.07, 6.45) is 10.9. The number of ether oxygens (including phenoxy) is 1. The maximum Gasteiger partial charge on any atom is 0.227 e. The second-order valence-electron chi connectivity index (χ2n) is 7.81. The molecule has 0 aliphatic heterocycles. The van der Waals surface area contributed by atoms with Crippen LogP contribution in [-0.4, -0.2) is 40.6 Å². The summed E-state index contributed by atoms with van der Waals surface area (Å²) in [6.45, 7) is 6.70. The molecule has 1 N–H and O–H groups in total. The molecule has 10 nitrogen and oxygen atoms in total. The molecule has 0 spiro atoms. The van der Waals surface area contributed by atoms with Gasteiger partial charge in [0.2, 0.25) is 5.95 Å². The molecule has 0 aliphatic carbocycles. The summed E-state index contributed by atoms with van der Waals surface area (Å²) in [4.78, 5) is 12.8. The van der Waals surface area contributed by atoms with Crippen LogP contribution < -0.4 is 10.1 Å². The number of nitrogens with one attached hydrogen (secondary N) is 1. The van der Waals surface area contributed by atoms with Crippen LogP contribution in [0.4, 0.5) is 11.6 Å². The average Bonchev–Trinajstić information content (AvgIpc) is 3.51. The lowest BCUT2D eigenvalue weighted by Gasteiger charge is -2.19. The van der Waals surface area contributed by atoms with E-state index in [2.05, 4.69) is 50.4 Å². The summed E-state index contributed by atoms with van der Waals surface area (Å²) in [7, 11) is 0. The Kier molecular flexibility index (Phi) is 6.59. The topological polar surface area (TPSA) is 119 Å². The molecule has 1 aromatic carbocycles. The molecule has 33 heavy (non-hydrogen) atoms. The van der Waals surface area contributed by atoms with Gasteiger partial charge < -0.3 is 10.1 Å². The molecule has 0 fully saturated rings. The van der Waals surface area contributed by atoms with Crippen LogP contribution >= 0.6 is 0 Å². The number of anilines is 2. The first-order valence-corrected chi connectivity index (χ1v) is 10.7. The smallest absolute Gasteiger partial charge is 0.227 e. The second kappa shape index (κ2) is 9.91. The highest BCUT2D eigenvalue weighted by molar-refractivity contribution is 5.66. The Hall–Kier alpha value is -4.26. The predicted molar refractivity (Wildman–Crippen MR) is 123 cm³/mol. The number of aromatic nitrogens is 7. The summed E-state index contributed by atoms with van der Waals surface area (Å²) in [5, 5.41) is 21.1. The zero-order valence-electron chi connectivity index (χ0n) is 18.8. The number of nitrogens with zero attached hydrogens (tertiary/aromatic N) is 8. The third-order valence-corrected chi connectivity index (χ3v) is 5.08. The maximum atomic E-state index is 9.54. The molecule has 1 atom stereocenters. The van der Waals surface area contributed by atoms with Crippen LogP contribution in [0.25, 0.3) is 11.1 Å². The molecule has 3 aromatic heterocycles. The monoisotopic (exact) mass is 443 g/mol. The Morgan fingerprint density at radius 1 is 1.12 bits per heavy atom. The number of rotatable bonds is 9. The van der Waals surface area contributed by atoms with Crippen LogP contribution in [0.3, 0.4) is 0 Å². The molecule has 0 unspecified atom stereocenters. The fourth-order valence-electron chi connectivity index (χ4n) is 3.21. The van der Waals surface area contributed by atoms with Crippen LogP contribution in [0.15, 0.2) is 55.6 Å². The zero-order chi connectivity index (χ0) is 23.2. The lowest BCUT2D eigenvalue weighted by molar-refractivity contribution is 0.170. The number of nitriles is 1. The quantitative estimate of drug-likeness (QED) is 0.412. The molecule has 0 saturated heterocycles. The molecule has 0 amide bonds. The largest absolute Gasteiger partial charge is 0.487 e. The third-order valence-electron chi connectivity index (χ3n) is 5.08. The fraction of sp³-hybridized carbons (Fsp3) is 0.304. The van der Waals surface area contributed by atoms with Crippen LogP contribution in [0.2, 0.25) is 0 Å². The van der Waals surface area contributed by atoms with Crippen molar-refractivity contribution in [3.05, 3.63) is 61.2 Å². The highest BCUT2D eigenvalue weighted by atomic mass is 16.5. The number of hydrogen-bond acceptors (Lipinski definition) is 8. The van der Waals surface area contributed by atoms with Gasteiger partial charge in [-0.1, -0.05) is 13.0 Å². The maximum absolute atomic E-state index is 9.54. The molecule has 0 radical (unpaired) electrons. The lowest BCUT2D eigenvalue weighted by atomic mass is 10.1. The summed E-state index contributed by atoms with van der Waals surface area (Å²) in [5.41, 5.74) is 2.97. The van der Waals surface area contributed by atoms with E-state index in [1.54, 1.807) is 35.7 Å². The van der Waals surface area contributed by atoms with Crippen LogP contribution in [0.5, 0.6) is 5.75 Å². The SMILES string of the molecule is CC[C@@H](Cn1cncn1)Oc1cc(-c2cnc(Nc3cnn(C(C)C)c3)nc2)ccc1C#N. The molecule has 4 rings (SSSR count). The molecular formula is C23H25N9O. The van der Waals surface area contributed by atoms with Gasteiger partial charge >= 0.3 is 0 Å². The van der Waals surface area contributed by atoms with E-state index in [0.29, 0.717) is 23.8 Å². The molecule has 0 saturated carbocycles. The Balaban J connectivity index is 1.50. The van der Waals surface area contributed by atoms with E-state index in [4.69, 9.17) is 4.74 Å². The predicted octanol–water partition coefficient (Wildman–Crippen LogP) is 3.99. The van der Waals surface area contributed by atoms with Crippen LogP contribution in [-0.2, 0) is 6.54 Å². The Morgan fingerprint density at radius 3 is 2.58 bits per heavy atom. The molecule has 3 heterocycles. The van der Waals surface area contributed by atoms with Crippen molar-refractivity contribution in [2.45, 2.75) is 45.9 Å². The van der Waals surface area contributed by atoms with E-state index in [1.807, 2.05) is 29.9 Å². The first kappa shape index (κ1) is 22.0. The summed E-state index contributed by atoms with van der Waals surface area (Å²) in [5.74, 6) is 0.997. The molecule has 168 valence electrons. The van der Waals surface area contributed by atoms with E-state index in [0.717, 1.165) is 23.2 Å². The van der Waals surface area contributed by atoms with Gasteiger partial charge in [-0.05, 0) is 38.0 Å². The molecule has 10 heteroatoms. The molecule has 0 bridgehead atoms. The zero-order valence-corrected chi connectivity index (χ0v) is 18.8. The molecular weight excluding hydrogens is 418 g/mol. The van der Waals surface area contributed by atoms with Crippen LogP contribution in [0.1, 0.15) is 38.8 Å². The van der Waals surface area contributed by atoms with E-state index in [1.165, 1.54) is 6.33 Å². The first-order chi connectivity index (χ1) is 16.1. The Bertz CT molecular complexity index is 1220. The van der Waals surface area contributed by atoms with Crippen molar-refractivity contribution in [1.82, 2.24) is 34.5 Å². The number of hydrogen-bond donors (Lipinski definition) is 1. The average molecular weight is 444 g/mol. The van der Waals surface area contributed by atoms with E-state index >= 15 is 0 Å². The van der Waals surface area contributed by atoms with Crippen molar-refractivity contribution in [1.29, 1.82) is 5.26 Å². The summed E-state index contributed by atoms with van der Waals surface area (Å²) in [6, 6.07) is 7.94. The van der Waals surface area contributed by atoms with Gasteiger partial charge in [0.1, 0.15) is 30.6 Å². The van der Waals surface area contributed by atoms with Gasteiger partial charge in [-0.15, -0.1) is 0 Å². The minimum absolute atomic E-state index is 0.149. The van der Waals surface area contributed by atoms with Gasteiger partial charge in [-0.2, -0.15) is 15.5 Å². The van der Waals surface area contributed by atoms with Crippen molar-refractivity contribution >= 4 is 11.6 Å². The van der Waals surface area contributed by atoms with Gasteiger partial charge in [0.05, 0.1) is 24.0 Å². The van der Waals surface area contributed by atoms with Gasteiger partial charge in [-0.3, -0.25) is 4.68 Å². The van der Waals surface area contributed by atoms with Crippen molar-refractivity contribution in [3.63, 3.8) is 0 Å². The van der Waals surface area contributed by atoms with Crippen molar-refractivity contribution < 1.29 is 4.74 Å². The van der Waals surface area contributed by atoms with E-state index in [-0.39, 0.29) is 12.1 Å². The van der Waals surface area contributed by atoms with Crippen LogP contribution in [0, 0.1) is 11.3 Å². The van der Waals surface area contributed by atoms with Gasteiger partial charge in [-0.25, -0.2) is 19.6 Å². The standard InChI is InChI=1S/C23H25N9O/c1-4-21(13-31-15-25-14-29-31)33-22-7-17(5-6-18(22)8-24)19-9-26-23(27-10-19)30-20-11-28-32(12-20)16(2)3/h5-7,9-12,14-16,21H,4,13H2,1-3H3,(H,26,27,30)/t21-/m0/s1. The Morgan fingerprint density at radius 2 is 1.94 bits per heavy atom. The minimum Gasteiger partial charge on any atom is -0.487 e. The Labute approximate surface area is 191 Å². The van der Waals surface area contributed by atoms with Gasteiger partial charge in [0, 0.05) is 30.2 Å². The minimum atomic E-state index is -0.149. The molecule has 4 aromatic rings. The second-order valence-corrected chi connectivity index (χ2v) is 7.81. The van der Waals surface area contributed by atoms with Gasteiger partial charge in [0.25, 0.3) is 0 Å². The molecule has 0 aliphatic rings. The number of benzene rings is 1. The van der Waals surface area contributed by atoms with E-state index in [9.17, 15) is 5.26 Å². The summed E-state index contributed by atoms with van der Waals surface area (Å²) < 4.78 is 9.75. The lowest BCUT2D eigenvalue weighted by Crippen LogP contribution is -2.23. The van der Waals surface area contributed by atoms with Crippen molar-refractivity contribution in [2.24, 2.45) is 0 Å². The normalized spacial score (nSPS) is 11.8. The first-order valence-electron chi connectivity index (χ1n) is 10.7. The van der Waals surface area contributed by atoms with Crippen molar-refractivity contribution in [3.8, 4) is 22.9 Å². The van der Waals surface area contributed by atoms with Gasteiger partial charge in [0.15, 0.2) is 0 Å². The summed E-state index contributed by atoms with van der Waals surface area (Å²) >= 11 is 0. The highest BCUT2D eigenvalue weighted by Crippen LogP contribution is 2.28. The highest BCUT2D eigenvalue weighted by Gasteiger charge is 2.14. The fourth-order valence-corrected chi connectivity index (χ4v) is 3.21. The van der Waals surface area contributed by atoms with E-state index < -0.39 is 0 Å².